The Labute approximate surface area is 201 Å². The quantitative estimate of drug-likeness (QED) is 0.517. The van der Waals surface area contributed by atoms with Gasteiger partial charge in [-0.1, -0.05) is 29.8 Å². The minimum absolute atomic E-state index is 0.302. The molecule has 0 spiro atoms. The highest BCUT2D eigenvalue weighted by atomic mass is 35.5. The minimum atomic E-state index is -0.650. The predicted molar refractivity (Wildman–Crippen MR) is 127 cm³/mol. The van der Waals surface area contributed by atoms with Crippen molar-refractivity contribution in [3.05, 3.63) is 76.4 Å². The maximum Gasteiger partial charge on any atom is 0.320 e. The number of carbonyl (C=O) groups excluding carboxylic acids is 1. The summed E-state index contributed by atoms with van der Waals surface area (Å²) in [6.07, 6.45) is 0. The SMILES string of the molecule is COCCN1C[C@@H](NC(=O)Nc2c(Cl)c(C)nn2-c2ccccc2)[C@H](c2cc(F)cc(F)c2)C1. The largest absolute Gasteiger partial charge is 0.383 e. The van der Waals surface area contributed by atoms with Gasteiger partial charge in [0.25, 0.3) is 0 Å². The lowest BCUT2D eigenvalue weighted by atomic mass is 9.94. The number of benzene rings is 2. The number of rotatable bonds is 7. The van der Waals surface area contributed by atoms with E-state index in [1.165, 1.54) is 12.1 Å². The number of urea groups is 1. The summed E-state index contributed by atoms with van der Waals surface area (Å²) in [6.45, 7) is 3.93. The van der Waals surface area contributed by atoms with E-state index in [-0.39, 0.29) is 12.0 Å². The van der Waals surface area contributed by atoms with Gasteiger partial charge in [-0.15, -0.1) is 0 Å². The van der Waals surface area contributed by atoms with E-state index < -0.39 is 17.7 Å². The van der Waals surface area contributed by atoms with Crippen LogP contribution in [0.15, 0.2) is 48.5 Å². The third kappa shape index (κ3) is 5.38. The molecule has 3 aromatic rings. The molecule has 1 aliphatic heterocycles. The summed E-state index contributed by atoms with van der Waals surface area (Å²) < 4.78 is 34.6. The molecule has 1 fully saturated rings. The van der Waals surface area contributed by atoms with Gasteiger partial charge in [-0.05, 0) is 36.8 Å². The van der Waals surface area contributed by atoms with E-state index in [9.17, 15) is 13.6 Å². The molecular weight excluding hydrogens is 464 g/mol. The summed E-state index contributed by atoms with van der Waals surface area (Å²) >= 11 is 6.43. The van der Waals surface area contributed by atoms with Crippen LogP contribution in [0.2, 0.25) is 5.02 Å². The van der Waals surface area contributed by atoms with Crippen LogP contribution in [0, 0.1) is 18.6 Å². The molecule has 0 saturated carbocycles. The molecular formula is C24H26ClF2N5O2. The lowest BCUT2D eigenvalue weighted by Crippen LogP contribution is -2.42. The van der Waals surface area contributed by atoms with Crippen molar-refractivity contribution < 1.29 is 18.3 Å². The van der Waals surface area contributed by atoms with Crippen LogP contribution >= 0.6 is 11.6 Å². The summed E-state index contributed by atoms with van der Waals surface area (Å²) in [4.78, 5) is 15.1. The molecule has 10 heteroatoms. The summed E-state index contributed by atoms with van der Waals surface area (Å²) in [7, 11) is 1.61. The number of halogens is 3. The van der Waals surface area contributed by atoms with Crippen LogP contribution < -0.4 is 10.6 Å². The topological polar surface area (TPSA) is 71.4 Å². The Morgan fingerprint density at radius 1 is 1.18 bits per heavy atom. The number of amides is 2. The number of aryl methyl sites for hydroxylation is 1. The van der Waals surface area contributed by atoms with Gasteiger partial charge in [-0.25, -0.2) is 18.3 Å². The van der Waals surface area contributed by atoms with Crippen molar-refractivity contribution >= 4 is 23.4 Å². The monoisotopic (exact) mass is 489 g/mol. The number of ether oxygens (including phenoxy) is 1. The van der Waals surface area contributed by atoms with Gasteiger partial charge in [-0.3, -0.25) is 10.2 Å². The summed E-state index contributed by atoms with van der Waals surface area (Å²) in [5.74, 6) is -1.26. The summed E-state index contributed by atoms with van der Waals surface area (Å²) in [5, 5.41) is 10.5. The van der Waals surface area contributed by atoms with Crippen molar-refractivity contribution in [1.29, 1.82) is 0 Å². The van der Waals surface area contributed by atoms with Gasteiger partial charge in [0.15, 0.2) is 5.82 Å². The van der Waals surface area contributed by atoms with Crippen molar-refractivity contribution in [2.45, 2.75) is 18.9 Å². The average Bonchev–Trinajstić information content (AvgIpc) is 3.33. The fraction of sp³-hybridized carbons (Fsp3) is 0.333. The first-order valence-electron chi connectivity index (χ1n) is 10.9. The van der Waals surface area contributed by atoms with Crippen LogP contribution in [0.4, 0.5) is 19.4 Å². The molecule has 1 aromatic heterocycles. The molecule has 180 valence electrons. The van der Waals surface area contributed by atoms with Crippen LogP contribution in [0.5, 0.6) is 0 Å². The van der Waals surface area contributed by atoms with Crippen LogP contribution in [0.1, 0.15) is 17.2 Å². The van der Waals surface area contributed by atoms with Gasteiger partial charge < -0.3 is 10.1 Å². The molecule has 1 aliphatic rings. The van der Waals surface area contributed by atoms with Crippen LogP contribution in [-0.2, 0) is 4.74 Å². The highest BCUT2D eigenvalue weighted by molar-refractivity contribution is 6.34. The highest BCUT2D eigenvalue weighted by Gasteiger charge is 2.35. The number of carbonyl (C=O) groups is 1. The van der Waals surface area contributed by atoms with Crippen molar-refractivity contribution in [3.8, 4) is 5.69 Å². The molecule has 2 heterocycles. The zero-order valence-electron chi connectivity index (χ0n) is 18.9. The molecule has 2 amide bonds. The Morgan fingerprint density at radius 3 is 2.56 bits per heavy atom. The van der Waals surface area contributed by atoms with Gasteiger partial charge in [0.1, 0.15) is 16.7 Å². The molecule has 0 bridgehead atoms. The molecule has 2 aromatic carbocycles. The number of hydrogen-bond donors (Lipinski definition) is 2. The molecule has 34 heavy (non-hydrogen) atoms. The van der Waals surface area contributed by atoms with Gasteiger partial charge in [0.2, 0.25) is 0 Å². The van der Waals surface area contributed by atoms with Crippen LogP contribution in [0.3, 0.4) is 0 Å². The molecule has 0 aliphatic carbocycles. The van der Waals surface area contributed by atoms with E-state index >= 15 is 0 Å². The molecule has 2 N–H and O–H groups in total. The van der Waals surface area contributed by atoms with Crippen molar-refractivity contribution in [2.75, 3.05) is 38.7 Å². The molecule has 0 unspecified atom stereocenters. The number of aromatic nitrogens is 2. The predicted octanol–water partition coefficient (Wildman–Crippen LogP) is 4.35. The van der Waals surface area contributed by atoms with Gasteiger partial charge in [0.05, 0.1) is 24.0 Å². The van der Waals surface area contributed by atoms with E-state index in [2.05, 4.69) is 20.6 Å². The first-order chi connectivity index (χ1) is 16.4. The Bertz CT molecular complexity index is 1140. The number of methoxy groups -OCH3 is 1. The van der Waals surface area contributed by atoms with E-state index in [1.54, 1.807) is 18.7 Å². The van der Waals surface area contributed by atoms with Crippen molar-refractivity contribution in [2.24, 2.45) is 0 Å². The van der Waals surface area contributed by atoms with Crippen molar-refractivity contribution in [3.63, 3.8) is 0 Å². The van der Waals surface area contributed by atoms with Gasteiger partial charge in [-0.2, -0.15) is 5.10 Å². The Kier molecular flexibility index (Phi) is 7.45. The second-order valence-corrected chi connectivity index (χ2v) is 8.64. The number of para-hydroxylation sites is 1. The van der Waals surface area contributed by atoms with Crippen molar-refractivity contribution in [1.82, 2.24) is 20.0 Å². The minimum Gasteiger partial charge on any atom is -0.383 e. The average molecular weight is 490 g/mol. The number of likely N-dealkylation sites (tertiary alicyclic amines) is 1. The maximum atomic E-state index is 13.9. The lowest BCUT2D eigenvalue weighted by Gasteiger charge is -2.21. The third-order valence-corrected chi connectivity index (χ3v) is 6.31. The van der Waals surface area contributed by atoms with E-state index in [1.807, 2.05) is 30.3 Å². The Morgan fingerprint density at radius 2 is 1.88 bits per heavy atom. The fourth-order valence-electron chi connectivity index (χ4n) is 4.25. The first kappa shape index (κ1) is 24.1. The summed E-state index contributed by atoms with van der Waals surface area (Å²) in [6, 6.07) is 11.9. The molecule has 4 rings (SSSR count). The normalized spacial score (nSPS) is 18.3. The molecule has 1 saturated heterocycles. The fourth-order valence-corrected chi connectivity index (χ4v) is 4.41. The maximum absolute atomic E-state index is 13.9. The van der Waals surface area contributed by atoms with Gasteiger partial charge >= 0.3 is 6.03 Å². The smallest absolute Gasteiger partial charge is 0.320 e. The zero-order valence-corrected chi connectivity index (χ0v) is 19.6. The summed E-state index contributed by atoms with van der Waals surface area (Å²) in [5.41, 5.74) is 1.80. The Hall–Kier alpha value is -3.01. The lowest BCUT2D eigenvalue weighted by molar-refractivity contribution is 0.159. The second kappa shape index (κ2) is 10.5. The number of hydrogen-bond acceptors (Lipinski definition) is 4. The second-order valence-electron chi connectivity index (χ2n) is 8.26. The number of nitrogens with zero attached hydrogens (tertiary/aromatic N) is 3. The zero-order chi connectivity index (χ0) is 24.2. The molecule has 7 nitrogen and oxygen atoms in total. The molecule has 0 radical (unpaired) electrons. The van der Waals surface area contributed by atoms with Crippen LogP contribution in [-0.4, -0.2) is 60.1 Å². The highest BCUT2D eigenvalue weighted by Crippen LogP contribution is 2.30. The standard InChI is InChI=1S/C24H26ClF2N5O2/c1-15-22(25)23(32(30-15)19-6-4-3-5-7-19)29-24(33)28-21-14-31(8-9-34-2)13-20(21)16-10-17(26)12-18(27)11-16/h3-7,10-12,20-21H,8-9,13-14H2,1-2H3,(H2,28,29,33)/t20-,21+/m0/s1. The van der Waals surface area contributed by atoms with E-state index in [0.717, 1.165) is 11.8 Å². The van der Waals surface area contributed by atoms with Crippen LogP contribution in [0.25, 0.3) is 5.69 Å². The molecule has 2 atom stereocenters. The third-order valence-electron chi connectivity index (χ3n) is 5.86. The number of anilines is 1. The van der Waals surface area contributed by atoms with E-state index in [0.29, 0.717) is 48.3 Å². The van der Waals surface area contributed by atoms with Gasteiger partial charge in [0, 0.05) is 38.7 Å². The van der Waals surface area contributed by atoms with E-state index in [4.69, 9.17) is 16.3 Å². The Balaban J connectivity index is 1.55. The first-order valence-corrected chi connectivity index (χ1v) is 11.3. The number of nitrogens with one attached hydrogen (secondary N) is 2.